The molecule has 0 bridgehead atoms. The van der Waals surface area contributed by atoms with Crippen LogP contribution in [0, 0.1) is 27.7 Å². The minimum atomic E-state index is 1.07. The van der Waals surface area contributed by atoms with Gasteiger partial charge >= 0.3 is 0 Å². The average molecular weight is 223 g/mol. The fourth-order valence-corrected chi connectivity index (χ4v) is 2.97. The van der Waals surface area contributed by atoms with Crippen molar-refractivity contribution >= 4 is 0 Å². The fourth-order valence-electron chi connectivity index (χ4n) is 2.97. The first kappa shape index (κ1) is 10.5. The average Bonchev–Trinajstić information content (AvgIpc) is 2.73. The molecule has 2 aromatic rings. The Morgan fingerprint density at radius 3 is 2.41 bits per heavy atom. The lowest BCUT2D eigenvalue weighted by molar-refractivity contribution is 1.14. The molecule has 0 saturated carbocycles. The number of pyridine rings is 1. The first-order valence-electron chi connectivity index (χ1n) is 6.13. The smallest absolute Gasteiger partial charge is 0.0349 e. The molecule has 0 spiro atoms. The molecule has 1 aliphatic carbocycles. The quantitative estimate of drug-likeness (QED) is 0.563. The van der Waals surface area contributed by atoms with Crippen molar-refractivity contribution in [3.63, 3.8) is 0 Å². The van der Waals surface area contributed by atoms with Crippen LogP contribution in [0.15, 0.2) is 18.5 Å². The van der Waals surface area contributed by atoms with Gasteiger partial charge in [-0.1, -0.05) is 0 Å². The standard InChI is InChI=1S/C16H17N/c1-9-10(2)12(4)16-14(11(9)3)7-13-5-6-17-8-15(13)16/h5-6,8H,7H2,1-4H3. The van der Waals surface area contributed by atoms with Crippen molar-refractivity contribution in [3.8, 4) is 11.1 Å². The summed E-state index contributed by atoms with van der Waals surface area (Å²) in [7, 11) is 0. The summed E-state index contributed by atoms with van der Waals surface area (Å²) in [6.07, 6.45) is 4.98. The molecule has 0 radical (unpaired) electrons. The van der Waals surface area contributed by atoms with Crippen LogP contribution in [-0.4, -0.2) is 4.98 Å². The Kier molecular flexibility index (Phi) is 2.12. The van der Waals surface area contributed by atoms with Crippen molar-refractivity contribution in [2.24, 2.45) is 0 Å². The number of nitrogens with zero attached hydrogens (tertiary/aromatic N) is 1. The Hall–Kier alpha value is -1.63. The van der Waals surface area contributed by atoms with Gasteiger partial charge in [0.2, 0.25) is 0 Å². The van der Waals surface area contributed by atoms with E-state index in [-0.39, 0.29) is 0 Å². The maximum absolute atomic E-state index is 4.28. The van der Waals surface area contributed by atoms with Gasteiger partial charge in [-0.3, -0.25) is 4.98 Å². The highest BCUT2D eigenvalue weighted by atomic mass is 14.6. The van der Waals surface area contributed by atoms with Crippen molar-refractivity contribution in [1.82, 2.24) is 4.98 Å². The topological polar surface area (TPSA) is 12.9 Å². The highest BCUT2D eigenvalue weighted by molar-refractivity contribution is 5.81. The molecule has 0 unspecified atom stereocenters. The summed E-state index contributed by atoms with van der Waals surface area (Å²) in [5.74, 6) is 0. The van der Waals surface area contributed by atoms with Crippen molar-refractivity contribution in [2.75, 3.05) is 0 Å². The molecule has 1 aromatic carbocycles. The third-order valence-electron chi connectivity index (χ3n) is 4.36. The van der Waals surface area contributed by atoms with Gasteiger partial charge in [0.15, 0.2) is 0 Å². The summed E-state index contributed by atoms with van der Waals surface area (Å²) in [4.78, 5) is 4.28. The molecular formula is C16H17N. The first-order valence-corrected chi connectivity index (χ1v) is 6.13. The molecule has 1 nitrogen and oxygen atoms in total. The van der Waals surface area contributed by atoms with E-state index in [1.54, 1.807) is 0 Å². The molecule has 0 fully saturated rings. The number of aromatic nitrogens is 1. The van der Waals surface area contributed by atoms with Crippen LogP contribution in [0.4, 0.5) is 0 Å². The van der Waals surface area contributed by atoms with E-state index >= 15 is 0 Å². The minimum absolute atomic E-state index is 1.07. The van der Waals surface area contributed by atoms with E-state index in [2.05, 4.69) is 38.7 Å². The minimum Gasteiger partial charge on any atom is -0.264 e. The SMILES string of the molecule is Cc1c(C)c(C)c2c(c1C)Cc1ccncc1-2. The normalized spacial score (nSPS) is 12.5. The molecule has 1 heteroatoms. The predicted octanol–water partition coefficient (Wildman–Crippen LogP) is 3.89. The molecule has 0 N–H and O–H groups in total. The second kappa shape index (κ2) is 3.43. The molecule has 17 heavy (non-hydrogen) atoms. The molecule has 3 rings (SSSR count). The lowest BCUT2D eigenvalue weighted by atomic mass is 9.89. The number of hydrogen-bond acceptors (Lipinski definition) is 1. The van der Waals surface area contributed by atoms with Gasteiger partial charge in [-0.05, 0) is 79.1 Å². The third kappa shape index (κ3) is 1.28. The highest BCUT2D eigenvalue weighted by Crippen LogP contribution is 2.42. The van der Waals surface area contributed by atoms with Crippen LogP contribution < -0.4 is 0 Å². The van der Waals surface area contributed by atoms with Crippen LogP contribution in [0.5, 0.6) is 0 Å². The number of rotatable bonds is 0. The van der Waals surface area contributed by atoms with E-state index < -0.39 is 0 Å². The number of fused-ring (bicyclic) bond motifs is 3. The van der Waals surface area contributed by atoms with E-state index in [0.717, 1.165) is 6.42 Å². The zero-order valence-corrected chi connectivity index (χ0v) is 10.9. The third-order valence-corrected chi connectivity index (χ3v) is 4.36. The van der Waals surface area contributed by atoms with Gasteiger partial charge < -0.3 is 0 Å². The van der Waals surface area contributed by atoms with E-state index in [4.69, 9.17) is 0 Å². The first-order chi connectivity index (χ1) is 8.11. The summed E-state index contributed by atoms with van der Waals surface area (Å²) in [6, 6.07) is 2.15. The lowest BCUT2D eigenvalue weighted by Gasteiger charge is -2.15. The van der Waals surface area contributed by atoms with E-state index in [1.807, 2.05) is 12.4 Å². The second-order valence-corrected chi connectivity index (χ2v) is 5.06. The Labute approximate surface area is 103 Å². The van der Waals surface area contributed by atoms with E-state index in [1.165, 1.54) is 44.5 Å². The maximum Gasteiger partial charge on any atom is 0.0349 e. The Morgan fingerprint density at radius 2 is 1.65 bits per heavy atom. The second-order valence-electron chi connectivity index (χ2n) is 5.06. The van der Waals surface area contributed by atoms with E-state index in [0.29, 0.717) is 0 Å². The van der Waals surface area contributed by atoms with Crippen molar-refractivity contribution in [2.45, 2.75) is 34.1 Å². The van der Waals surface area contributed by atoms with Gasteiger partial charge in [-0.2, -0.15) is 0 Å². The zero-order valence-electron chi connectivity index (χ0n) is 10.9. The lowest BCUT2D eigenvalue weighted by Crippen LogP contribution is -1.98. The molecule has 1 aromatic heterocycles. The number of benzene rings is 1. The number of hydrogen-bond donors (Lipinski definition) is 0. The summed E-state index contributed by atoms with van der Waals surface area (Å²) >= 11 is 0. The van der Waals surface area contributed by atoms with Gasteiger partial charge in [0.1, 0.15) is 0 Å². The highest BCUT2D eigenvalue weighted by Gasteiger charge is 2.24. The largest absolute Gasteiger partial charge is 0.264 e. The summed E-state index contributed by atoms with van der Waals surface area (Å²) in [5, 5.41) is 0. The molecule has 86 valence electrons. The molecule has 1 aliphatic rings. The van der Waals surface area contributed by atoms with Crippen molar-refractivity contribution in [3.05, 3.63) is 51.8 Å². The molecule has 0 amide bonds. The summed E-state index contributed by atoms with van der Waals surface area (Å²) in [5.41, 5.74) is 11.5. The van der Waals surface area contributed by atoms with Crippen molar-refractivity contribution in [1.29, 1.82) is 0 Å². The molecule has 1 heterocycles. The van der Waals surface area contributed by atoms with Crippen LogP contribution >= 0.6 is 0 Å². The van der Waals surface area contributed by atoms with Gasteiger partial charge in [0.05, 0.1) is 0 Å². The summed E-state index contributed by atoms with van der Waals surface area (Å²) in [6.45, 7) is 8.95. The van der Waals surface area contributed by atoms with Crippen LogP contribution in [-0.2, 0) is 6.42 Å². The Bertz CT molecular complexity index is 624. The van der Waals surface area contributed by atoms with Crippen LogP contribution in [0.1, 0.15) is 33.4 Å². The van der Waals surface area contributed by atoms with Crippen LogP contribution in [0.2, 0.25) is 0 Å². The monoisotopic (exact) mass is 223 g/mol. The maximum atomic E-state index is 4.28. The van der Waals surface area contributed by atoms with Gasteiger partial charge in [-0.15, -0.1) is 0 Å². The molecule has 0 aliphatic heterocycles. The molecular weight excluding hydrogens is 206 g/mol. The van der Waals surface area contributed by atoms with Crippen LogP contribution in [0.25, 0.3) is 11.1 Å². The molecule has 0 atom stereocenters. The Morgan fingerprint density at radius 1 is 0.941 bits per heavy atom. The van der Waals surface area contributed by atoms with Crippen LogP contribution in [0.3, 0.4) is 0 Å². The zero-order chi connectivity index (χ0) is 12.2. The van der Waals surface area contributed by atoms with Gasteiger partial charge in [0, 0.05) is 18.0 Å². The molecule has 0 saturated heterocycles. The fraction of sp³-hybridized carbons (Fsp3) is 0.312. The Balaban J connectivity index is 2.41. The van der Waals surface area contributed by atoms with Gasteiger partial charge in [-0.25, -0.2) is 0 Å². The van der Waals surface area contributed by atoms with Gasteiger partial charge in [0.25, 0.3) is 0 Å². The summed E-state index contributed by atoms with van der Waals surface area (Å²) < 4.78 is 0. The van der Waals surface area contributed by atoms with Crippen molar-refractivity contribution < 1.29 is 0 Å². The van der Waals surface area contributed by atoms with E-state index in [9.17, 15) is 0 Å². The predicted molar refractivity (Wildman–Crippen MR) is 71.4 cm³/mol.